The van der Waals surface area contributed by atoms with Gasteiger partial charge in [-0.25, -0.2) is 10.4 Å². The summed E-state index contributed by atoms with van der Waals surface area (Å²) in [5.74, 6) is 1.44. The van der Waals surface area contributed by atoms with E-state index in [2.05, 4.69) is 27.0 Å². The molecule has 0 aliphatic heterocycles. The number of hydrogen-bond acceptors (Lipinski definition) is 4. The Balaban J connectivity index is 1.72. The van der Waals surface area contributed by atoms with E-state index in [1.165, 1.54) is 0 Å². The van der Waals surface area contributed by atoms with Crippen LogP contribution in [0.2, 0.25) is 0 Å². The molecule has 2 aromatic carbocycles. The minimum atomic E-state index is -0.268. The second-order valence-electron chi connectivity index (χ2n) is 5.58. The van der Waals surface area contributed by atoms with E-state index in [4.69, 9.17) is 4.74 Å². The van der Waals surface area contributed by atoms with Crippen molar-refractivity contribution < 1.29 is 9.53 Å². The van der Waals surface area contributed by atoms with Gasteiger partial charge in [-0.1, -0.05) is 0 Å². The lowest BCUT2D eigenvalue weighted by molar-refractivity contribution is 0.0955. The molecule has 3 aromatic rings. The van der Waals surface area contributed by atoms with Crippen molar-refractivity contribution in [2.45, 2.75) is 20.4 Å². The maximum Gasteiger partial charge on any atom is 0.271 e. The minimum absolute atomic E-state index is 0.268. The molecule has 0 aliphatic rings. The molecule has 0 aliphatic carbocycles. The molecule has 6 heteroatoms. The normalized spacial score (nSPS) is 11.2. The molecule has 0 spiro atoms. The molecular formula is C19H20N4O2. The molecule has 0 saturated heterocycles. The molecule has 6 nitrogen and oxygen atoms in total. The Labute approximate surface area is 146 Å². The maximum atomic E-state index is 12.3. The fourth-order valence-corrected chi connectivity index (χ4v) is 2.71. The largest absolute Gasteiger partial charge is 0.497 e. The Morgan fingerprint density at radius 2 is 2.04 bits per heavy atom. The predicted octanol–water partition coefficient (Wildman–Crippen LogP) is 3.14. The first-order chi connectivity index (χ1) is 12.1. The number of carbonyl (C=O) groups excluding carboxylic acids is 1. The van der Waals surface area contributed by atoms with Crippen LogP contribution in [0, 0.1) is 6.92 Å². The third-order valence-corrected chi connectivity index (χ3v) is 4.01. The summed E-state index contributed by atoms with van der Waals surface area (Å²) in [6.07, 6.45) is 1.59. The van der Waals surface area contributed by atoms with Crippen LogP contribution in [0.3, 0.4) is 0 Å². The van der Waals surface area contributed by atoms with Gasteiger partial charge in [-0.3, -0.25) is 4.79 Å². The smallest absolute Gasteiger partial charge is 0.271 e. The summed E-state index contributed by atoms with van der Waals surface area (Å²) >= 11 is 0. The second-order valence-corrected chi connectivity index (χ2v) is 5.58. The topological polar surface area (TPSA) is 68.5 Å². The van der Waals surface area contributed by atoms with E-state index in [0.717, 1.165) is 34.7 Å². The summed E-state index contributed by atoms with van der Waals surface area (Å²) in [6, 6.07) is 12.9. The van der Waals surface area contributed by atoms with Gasteiger partial charge in [-0.2, -0.15) is 5.10 Å². The van der Waals surface area contributed by atoms with E-state index in [1.807, 2.05) is 37.3 Å². The molecule has 1 N–H and O–H groups in total. The Hall–Kier alpha value is -3.15. The number of carbonyl (C=O) groups is 1. The number of aromatic nitrogens is 2. The Kier molecular flexibility index (Phi) is 4.79. The van der Waals surface area contributed by atoms with E-state index in [9.17, 15) is 4.79 Å². The number of rotatable bonds is 5. The van der Waals surface area contributed by atoms with Crippen molar-refractivity contribution in [2.75, 3.05) is 7.11 Å². The molecule has 1 aromatic heterocycles. The van der Waals surface area contributed by atoms with Crippen LogP contribution >= 0.6 is 0 Å². The number of aryl methyl sites for hydroxylation is 2. The molecular weight excluding hydrogens is 316 g/mol. The van der Waals surface area contributed by atoms with E-state index in [0.29, 0.717) is 5.56 Å². The predicted molar refractivity (Wildman–Crippen MR) is 98.2 cm³/mol. The van der Waals surface area contributed by atoms with Crippen molar-refractivity contribution in [2.24, 2.45) is 5.10 Å². The van der Waals surface area contributed by atoms with Gasteiger partial charge < -0.3 is 9.30 Å². The molecule has 0 unspecified atom stereocenters. The maximum absolute atomic E-state index is 12.3. The summed E-state index contributed by atoms with van der Waals surface area (Å²) in [5.41, 5.74) is 5.78. The van der Waals surface area contributed by atoms with Crippen LogP contribution in [0.1, 0.15) is 28.7 Å². The SMILES string of the molecule is CCn1c(C)nc2cc(C(=O)N/N=C\c3ccc(OC)cc3)ccc21. The van der Waals surface area contributed by atoms with E-state index >= 15 is 0 Å². The lowest BCUT2D eigenvalue weighted by Gasteiger charge is -2.03. The first kappa shape index (κ1) is 16.7. The number of amides is 1. The molecule has 128 valence electrons. The highest BCUT2D eigenvalue weighted by molar-refractivity contribution is 5.97. The number of nitrogens with zero attached hydrogens (tertiary/aromatic N) is 3. The number of hydrazone groups is 1. The van der Waals surface area contributed by atoms with Gasteiger partial charge in [-0.05, 0) is 61.9 Å². The lowest BCUT2D eigenvalue weighted by Crippen LogP contribution is -2.17. The number of hydrogen-bond donors (Lipinski definition) is 1. The molecule has 0 fully saturated rings. The first-order valence-corrected chi connectivity index (χ1v) is 8.06. The quantitative estimate of drug-likeness (QED) is 0.575. The monoisotopic (exact) mass is 336 g/mol. The highest BCUT2D eigenvalue weighted by atomic mass is 16.5. The van der Waals surface area contributed by atoms with Crippen LogP contribution in [0.15, 0.2) is 47.6 Å². The average molecular weight is 336 g/mol. The van der Waals surface area contributed by atoms with Gasteiger partial charge in [0.2, 0.25) is 0 Å². The van der Waals surface area contributed by atoms with E-state index in [-0.39, 0.29) is 5.91 Å². The molecule has 0 atom stereocenters. The minimum Gasteiger partial charge on any atom is -0.497 e. The van der Waals surface area contributed by atoms with Gasteiger partial charge in [0.1, 0.15) is 11.6 Å². The zero-order valence-electron chi connectivity index (χ0n) is 14.5. The Morgan fingerprint density at radius 1 is 1.28 bits per heavy atom. The Morgan fingerprint density at radius 3 is 2.72 bits per heavy atom. The third-order valence-electron chi connectivity index (χ3n) is 4.01. The molecule has 0 saturated carbocycles. The van der Waals surface area contributed by atoms with Crippen molar-refractivity contribution in [1.29, 1.82) is 0 Å². The number of ether oxygens (including phenoxy) is 1. The van der Waals surface area contributed by atoms with Crippen molar-refractivity contribution in [1.82, 2.24) is 15.0 Å². The molecule has 3 rings (SSSR count). The lowest BCUT2D eigenvalue weighted by atomic mass is 10.2. The van der Waals surface area contributed by atoms with Crippen LogP contribution in [-0.2, 0) is 6.54 Å². The number of benzene rings is 2. The van der Waals surface area contributed by atoms with Crippen LogP contribution in [0.4, 0.5) is 0 Å². The van der Waals surface area contributed by atoms with Gasteiger partial charge in [0.05, 0.1) is 24.4 Å². The zero-order chi connectivity index (χ0) is 17.8. The van der Waals surface area contributed by atoms with Crippen LogP contribution in [0.25, 0.3) is 11.0 Å². The van der Waals surface area contributed by atoms with Crippen LogP contribution in [0.5, 0.6) is 5.75 Å². The first-order valence-electron chi connectivity index (χ1n) is 8.06. The second kappa shape index (κ2) is 7.17. The molecule has 0 radical (unpaired) electrons. The number of nitrogens with one attached hydrogen (secondary N) is 1. The van der Waals surface area contributed by atoms with Gasteiger partial charge in [-0.15, -0.1) is 0 Å². The fraction of sp³-hybridized carbons (Fsp3) is 0.211. The Bertz CT molecular complexity index is 926. The zero-order valence-corrected chi connectivity index (χ0v) is 14.5. The number of fused-ring (bicyclic) bond motifs is 1. The summed E-state index contributed by atoms with van der Waals surface area (Å²) in [4.78, 5) is 16.8. The standard InChI is InChI=1S/C19H20N4O2/c1-4-23-13(2)21-17-11-15(7-10-18(17)23)19(24)22-20-12-14-5-8-16(25-3)9-6-14/h5-12H,4H2,1-3H3,(H,22,24)/b20-12-. The molecule has 0 bridgehead atoms. The summed E-state index contributed by atoms with van der Waals surface area (Å²) in [7, 11) is 1.62. The van der Waals surface area contributed by atoms with Crippen molar-refractivity contribution >= 4 is 23.2 Å². The van der Waals surface area contributed by atoms with Gasteiger partial charge in [0.25, 0.3) is 5.91 Å². The van der Waals surface area contributed by atoms with Gasteiger partial charge in [0, 0.05) is 12.1 Å². The fourth-order valence-electron chi connectivity index (χ4n) is 2.71. The highest BCUT2D eigenvalue weighted by Gasteiger charge is 2.10. The van der Waals surface area contributed by atoms with Crippen molar-refractivity contribution in [3.63, 3.8) is 0 Å². The van der Waals surface area contributed by atoms with Gasteiger partial charge >= 0.3 is 0 Å². The molecule has 1 amide bonds. The summed E-state index contributed by atoms with van der Waals surface area (Å²) < 4.78 is 7.21. The van der Waals surface area contributed by atoms with Crippen LogP contribution in [-0.4, -0.2) is 28.8 Å². The third kappa shape index (κ3) is 3.52. The molecule has 1 heterocycles. The van der Waals surface area contributed by atoms with Crippen molar-refractivity contribution in [3.05, 3.63) is 59.4 Å². The number of imidazole rings is 1. The van der Waals surface area contributed by atoms with Crippen molar-refractivity contribution in [3.8, 4) is 5.75 Å². The van der Waals surface area contributed by atoms with Gasteiger partial charge in [0.15, 0.2) is 0 Å². The van der Waals surface area contributed by atoms with E-state index < -0.39 is 0 Å². The summed E-state index contributed by atoms with van der Waals surface area (Å²) in [5, 5.41) is 4.00. The van der Waals surface area contributed by atoms with E-state index in [1.54, 1.807) is 25.5 Å². The number of methoxy groups -OCH3 is 1. The average Bonchev–Trinajstić information content (AvgIpc) is 2.96. The summed E-state index contributed by atoms with van der Waals surface area (Å²) in [6.45, 7) is 4.88. The molecule has 25 heavy (non-hydrogen) atoms. The highest BCUT2D eigenvalue weighted by Crippen LogP contribution is 2.17. The van der Waals surface area contributed by atoms with Crippen LogP contribution < -0.4 is 10.2 Å².